The summed E-state index contributed by atoms with van der Waals surface area (Å²) in [4.78, 5) is 31.2. The Bertz CT molecular complexity index is 1380. The van der Waals surface area contributed by atoms with E-state index in [1.165, 1.54) is 5.56 Å². The first-order valence-electron chi connectivity index (χ1n) is 11.2. The molecular weight excluding hydrogens is 408 g/mol. The minimum Gasteiger partial charge on any atom is -0.322 e. The van der Waals surface area contributed by atoms with Crippen LogP contribution in [0.1, 0.15) is 53.4 Å². The monoisotopic (exact) mass is 438 g/mol. The lowest BCUT2D eigenvalue weighted by molar-refractivity contribution is 0.0985. The molecule has 0 unspecified atom stereocenters. The van der Waals surface area contributed by atoms with Crippen molar-refractivity contribution in [2.45, 2.75) is 46.6 Å². The first kappa shape index (κ1) is 22.5. The van der Waals surface area contributed by atoms with Crippen LogP contribution in [0.4, 0.5) is 5.69 Å². The molecule has 1 N–H and O–H groups in total. The van der Waals surface area contributed by atoms with E-state index in [2.05, 4.69) is 25.8 Å². The fourth-order valence-electron chi connectivity index (χ4n) is 4.00. The van der Waals surface area contributed by atoms with Gasteiger partial charge in [0, 0.05) is 22.3 Å². The Kier molecular flexibility index (Phi) is 5.94. The number of aromatic nitrogens is 1. The summed E-state index contributed by atoms with van der Waals surface area (Å²) in [7, 11) is 0. The molecule has 4 rings (SSSR count). The second kappa shape index (κ2) is 8.70. The third-order valence-electron chi connectivity index (χ3n) is 5.96. The van der Waals surface area contributed by atoms with E-state index >= 15 is 0 Å². The van der Waals surface area contributed by atoms with Crippen LogP contribution in [0.5, 0.6) is 0 Å². The fraction of sp³-hybridized carbons (Fsp3) is 0.241. The van der Waals surface area contributed by atoms with Gasteiger partial charge in [0.2, 0.25) is 0 Å². The van der Waals surface area contributed by atoms with Crippen molar-refractivity contribution in [1.29, 1.82) is 0 Å². The van der Waals surface area contributed by atoms with E-state index in [-0.39, 0.29) is 23.4 Å². The lowest BCUT2D eigenvalue weighted by atomic mass is 9.86. The van der Waals surface area contributed by atoms with Crippen LogP contribution in [0.25, 0.3) is 10.9 Å². The van der Waals surface area contributed by atoms with Gasteiger partial charge in [-0.15, -0.1) is 0 Å². The van der Waals surface area contributed by atoms with Crippen LogP contribution < -0.4 is 10.5 Å². The number of hydrogen-bond donors (Lipinski definition) is 1. The largest absolute Gasteiger partial charge is 0.322 e. The third-order valence-corrected chi connectivity index (χ3v) is 5.96. The lowest BCUT2D eigenvalue weighted by Crippen LogP contribution is -2.33. The predicted octanol–water partition coefficient (Wildman–Crippen LogP) is 6.29. The molecule has 1 heterocycles. The Morgan fingerprint density at radius 1 is 0.879 bits per heavy atom. The van der Waals surface area contributed by atoms with Gasteiger partial charge in [-0.05, 0) is 78.2 Å². The summed E-state index contributed by atoms with van der Waals surface area (Å²) < 4.78 is 0. The topological polar surface area (TPSA) is 53.2 Å². The zero-order valence-corrected chi connectivity index (χ0v) is 19.9. The molecule has 0 aliphatic carbocycles. The van der Waals surface area contributed by atoms with Gasteiger partial charge in [0.15, 0.2) is 0 Å². The number of pyridine rings is 1. The van der Waals surface area contributed by atoms with Gasteiger partial charge in [0.1, 0.15) is 0 Å². The summed E-state index contributed by atoms with van der Waals surface area (Å²) in [5.41, 5.74) is 5.87. The van der Waals surface area contributed by atoms with Gasteiger partial charge in [-0.2, -0.15) is 0 Å². The van der Waals surface area contributed by atoms with E-state index in [0.717, 1.165) is 27.7 Å². The highest BCUT2D eigenvalue weighted by Gasteiger charge is 2.21. The second-order valence-electron chi connectivity index (χ2n) is 9.77. The smallest absolute Gasteiger partial charge is 0.258 e. The summed E-state index contributed by atoms with van der Waals surface area (Å²) in [6.45, 7) is 10.6. The highest BCUT2D eigenvalue weighted by molar-refractivity contribution is 6.06. The Morgan fingerprint density at radius 2 is 1.58 bits per heavy atom. The molecular formula is C29H30N2O2. The maximum absolute atomic E-state index is 13.7. The standard InChI is InChI=1S/C29H30N2O2/c1-19-7-6-8-25(16-19)31(28(33)21-10-12-24(13-11-21)29(3,4)5)18-23-17-22-15-20(2)9-14-26(22)30-27(23)32/h6-17H,18H2,1-5H3,(H,30,32). The Labute approximate surface area is 194 Å². The number of H-pyrrole nitrogens is 1. The molecule has 0 bridgehead atoms. The van der Waals surface area contributed by atoms with Gasteiger partial charge in [-0.1, -0.05) is 56.7 Å². The average Bonchev–Trinajstić information content (AvgIpc) is 2.77. The van der Waals surface area contributed by atoms with Gasteiger partial charge in [0.05, 0.1) is 6.54 Å². The number of amides is 1. The maximum Gasteiger partial charge on any atom is 0.258 e. The Morgan fingerprint density at radius 3 is 2.24 bits per heavy atom. The molecule has 0 spiro atoms. The number of aromatic amines is 1. The number of hydrogen-bond acceptors (Lipinski definition) is 2. The van der Waals surface area contributed by atoms with Crippen LogP contribution in [0.3, 0.4) is 0 Å². The quantitative estimate of drug-likeness (QED) is 0.407. The van der Waals surface area contributed by atoms with Crippen molar-refractivity contribution in [2.24, 2.45) is 0 Å². The summed E-state index contributed by atoms with van der Waals surface area (Å²) in [6, 6.07) is 23.4. The SMILES string of the molecule is Cc1cccc(N(Cc2cc3cc(C)ccc3[nH]c2=O)C(=O)c2ccc(C(C)(C)C)cc2)c1. The zero-order chi connectivity index (χ0) is 23.8. The van der Waals surface area contributed by atoms with Crippen molar-refractivity contribution < 1.29 is 4.79 Å². The first-order chi connectivity index (χ1) is 15.6. The van der Waals surface area contributed by atoms with E-state index in [4.69, 9.17) is 0 Å². The Balaban J connectivity index is 1.76. The number of nitrogens with one attached hydrogen (secondary N) is 1. The number of fused-ring (bicyclic) bond motifs is 1. The molecule has 0 fully saturated rings. The summed E-state index contributed by atoms with van der Waals surface area (Å²) in [5.74, 6) is -0.134. The van der Waals surface area contributed by atoms with E-state index in [9.17, 15) is 9.59 Å². The molecule has 1 aromatic heterocycles. The van der Waals surface area contributed by atoms with E-state index in [1.807, 2.05) is 86.6 Å². The molecule has 0 radical (unpaired) electrons. The van der Waals surface area contributed by atoms with Crippen molar-refractivity contribution in [3.05, 3.63) is 111 Å². The number of nitrogens with zero attached hydrogens (tertiary/aromatic N) is 1. The van der Waals surface area contributed by atoms with Crippen LogP contribution in [-0.4, -0.2) is 10.9 Å². The van der Waals surface area contributed by atoms with Crippen LogP contribution in [0, 0.1) is 13.8 Å². The Hall–Kier alpha value is -3.66. The summed E-state index contributed by atoms with van der Waals surface area (Å²) >= 11 is 0. The van der Waals surface area contributed by atoms with E-state index in [0.29, 0.717) is 11.1 Å². The van der Waals surface area contributed by atoms with Gasteiger partial charge < -0.3 is 9.88 Å². The van der Waals surface area contributed by atoms with Crippen molar-refractivity contribution in [3.63, 3.8) is 0 Å². The molecule has 0 saturated heterocycles. The molecule has 0 aliphatic heterocycles. The molecule has 4 heteroatoms. The third kappa shape index (κ3) is 4.90. The summed E-state index contributed by atoms with van der Waals surface area (Å²) in [6.07, 6.45) is 0. The van der Waals surface area contributed by atoms with Crippen LogP contribution in [-0.2, 0) is 12.0 Å². The first-order valence-corrected chi connectivity index (χ1v) is 11.2. The maximum atomic E-state index is 13.7. The highest BCUT2D eigenvalue weighted by atomic mass is 16.2. The normalized spacial score (nSPS) is 11.5. The second-order valence-corrected chi connectivity index (χ2v) is 9.77. The van der Waals surface area contributed by atoms with Crippen LogP contribution >= 0.6 is 0 Å². The van der Waals surface area contributed by atoms with E-state index < -0.39 is 0 Å². The fourth-order valence-corrected chi connectivity index (χ4v) is 4.00. The number of benzene rings is 3. The molecule has 33 heavy (non-hydrogen) atoms. The molecule has 168 valence electrons. The number of rotatable bonds is 4. The number of carbonyl (C=O) groups is 1. The van der Waals surface area contributed by atoms with Gasteiger partial charge in [0.25, 0.3) is 11.5 Å². The highest BCUT2D eigenvalue weighted by Crippen LogP contribution is 2.25. The van der Waals surface area contributed by atoms with Crippen molar-refractivity contribution in [2.75, 3.05) is 4.90 Å². The molecule has 0 saturated carbocycles. The summed E-state index contributed by atoms with van der Waals surface area (Å²) in [5, 5.41) is 0.954. The molecule has 4 nitrogen and oxygen atoms in total. The molecule has 0 aliphatic rings. The molecule has 0 atom stereocenters. The van der Waals surface area contributed by atoms with Crippen molar-refractivity contribution in [3.8, 4) is 0 Å². The van der Waals surface area contributed by atoms with Crippen LogP contribution in [0.2, 0.25) is 0 Å². The number of aryl methyl sites for hydroxylation is 2. The molecule has 1 amide bonds. The van der Waals surface area contributed by atoms with Crippen molar-refractivity contribution >= 4 is 22.5 Å². The average molecular weight is 439 g/mol. The van der Waals surface area contributed by atoms with Crippen LogP contribution in [0.15, 0.2) is 77.6 Å². The van der Waals surface area contributed by atoms with Gasteiger partial charge >= 0.3 is 0 Å². The zero-order valence-electron chi connectivity index (χ0n) is 19.9. The predicted molar refractivity (Wildman–Crippen MR) is 136 cm³/mol. The van der Waals surface area contributed by atoms with Gasteiger partial charge in [-0.25, -0.2) is 0 Å². The molecule has 3 aromatic carbocycles. The minimum atomic E-state index is -0.181. The number of carbonyl (C=O) groups excluding carboxylic acids is 1. The van der Waals surface area contributed by atoms with Crippen molar-refractivity contribution in [1.82, 2.24) is 4.98 Å². The van der Waals surface area contributed by atoms with E-state index in [1.54, 1.807) is 4.90 Å². The molecule has 4 aromatic rings. The van der Waals surface area contributed by atoms with Gasteiger partial charge in [-0.3, -0.25) is 9.59 Å². The minimum absolute atomic E-state index is 0.00826. The number of anilines is 1. The lowest BCUT2D eigenvalue weighted by Gasteiger charge is -2.24.